The fraction of sp³-hybridized carbons (Fsp3) is 0.556. The summed E-state index contributed by atoms with van der Waals surface area (Å²) in [6, 6.07) is 0. The van der Waals surface area contributed by atoms with Crippen LogP contribution in [0.2, 0.25) is 0 Å². The Morgan fingerprint density at radius 3 is 2.71 bits per heavy atom. The molecule has 80 valence electrons. The smallest absolute Gasteiger partial charge is 0.305 e. The van der Waals surface area contributed by atoms with E-state index >= 15 is 0 Å². The van der Waals surface area contributed by atoms with E-state index in [2.05, 4.69) is 25.7 Å². The van der Waals surface area contributed by atoms with Crippen molar-refractivity contribution in [2.45, 2.75) is 26.7 Å². The van der Waals surface area contributed by atoms with Crippen LogP contribution in [0.4, 0.5) is 0 Å². The Morgan fingerprint density at radius 1 is 1.64 bits per heavy atom. The summed E-state index contributed by atoms with van der Waals surface area (Å²) in [6.07, 6.45) is 2.79. The van der Waals surface area contributed by atoms with E-state index in [-0.39, 0.29) is 5.97 Å². The van der Waals surface area contributed by atoms with Crippen LogP contribution < -0.4 is 0 Å². The van der Waals surface area contributed by atoms with Gasteiger partial charge in [-0.25, -0.2) is 4.98 Å². The molecule has 0 amide bonds. The quantitative estimate of drug-likeness (QED) is 0.799. The van der Waals surface area contributed by atoms with Gasteiger partial charge >= 0.3 is 5.97 Å². The molecule has 0 bridgehead atoms. The van der Waals surface area contributed by atoms with Gasteiger partial charge < -0.3 is 4.74 Å². The molecule has 0 saturated heterocycles. The highest BCUT2D eigenvalue weighted by Crippen LogP contribution is 2.19. The van der Waals surface area contributed by atoms with Gasteiger partial charge in [0, 0.05) is 6.42 Å². The highest BCUT2D eigenvalue weighted by Gasteiger charge is 2.04. The van der Waals surface area contributed by atoms with E-state index in [1.807, 2.05) is 13.8 Å². The topological polar surface area (TPSA) is 39.2 Å². The third kappa shape index (κ3) is 5.34. The monoisotopic (exact) mass is 279 g/mol. The molecule has 14 heavy (non-hydrogen) atoms. The van der Waals surface area contributed by atoms with E-state index in [4.69, 9.17) is 0 Å². The number of thiazole rings is 1. The lowest BCUT2D eigenvalue weighted by Crippen LogP contribution is -2.01. The van der Waals surface area contributed by atoms with Gasteiger partial charge in [0.05, 0.1) is 28.5 Å². The maximum atomic E-state index is 10.7. The molecule has 0 aliphatic carbocycles. The second-order valence-corrected chi connectivity index (χ2v) is 4.63. The number of carbonyl (C=O) groups is 1. The van der Waals surface area contributed by atoms with Gasteiger partial charge in [0.15, 0.2) is 0 Å². The number of esters is 1. The first-order valence-electron chi connectivity index (χ1n) is 4.39. The van der Waals surface area contributed by atoms with Crippen LogP contribution in [0.5, 0.6) is 0 Å². The van der Waals surface area contributed by atoms with E-state index in [0.717, 1.165) is 8.79 Å². The standard InChI is InChI=1S/C7H8BrNO2S.C2H6/c1-11-7(10)3-2-6-9-4-5(8)12-6;1-2/h4H,2-3H2,1H3;1-2H3. The molecule has 1 aromatic rings. The number of hydrogen-bond acceptors (Lipinski definition) is 4. The summed E-state index contributed by atoms with van der Waals surface area (Å²) in [5.74, 6) is -0.193. The number of aromatic nitrogens is 1. The molecule has 1 heterocycles. The summed E-state index contributed by atoms with van der Waals surface area (Å²) in [5.41, 5.74) is 0. The summed E-state index contributed by atoms with van der Waals surface area (Å²) >= 11 is 4.83. The molecule has 1 rings (SSSR count). The van der Waals surface area contributed by atoms with E-state index in [0.29, 0.717) is 12.8 Å². The zero-order valence-corrected chi connectivity index (χ0v) is 10.9. The Hall–Kier alpha value is -0.420. The molecule has 3 nitrogen and oxygen atoms in total. The molecule has 0 fully saturated rings. The zero-order chi connectivity index (χ0) is 11.0. The van der Waals surface area contributed by atoms with Crippen molar-refractivity contribution in [3.8, 4) is 0 Å². The van der Waals surface area contributed by atoms with Crippen LogP contribution in [0.3, 0.4) is 0 Å². The van der Waals surface area contributed by atoms with Crippen molar-refractivity contribution in [3.05, 3.63) is 15.0 Å². The lowest BCUT2D eigenvalue weighted by molar-refractivity contribution is -0.140. The highest BCUT2D eigenvalue weighted by atomic mass is 79.9. The summed E-state index contributed by atoms with van der Waals surface area (Å²) in [5, 5.41) is 0.951. The minimum Gasteiger partial charge on any atom is -0.469 e. The second-order valence-electron chi connectivity index (χ2n) is 2.13. The summed E-state index contributed by atoms with van der Waals surface area (Å²) in [6.45, 7) is 4.00. The molecule has 0 atom stereocenters. The van der Waals surface area contributed by atoms with Crippen molar-refractivity contribution >= 4 is 33.2 Å². The normalized spacial score (nSPS) is 8.86. The minimum absolute atomic E-state index is 0.193. The van der Waals surface area contributed by atoms with Crippen molar-refractivity contribution in [2.75, 3.05) is 7.11 Å². The second kappa shape index (κ2) is 7.94. The van der Waals surface area contributed by atoms with Gasteiger partial charge in [-0.05, 0) is 15.9 Å². The van der Waals surface area contributed by atoms with Gasteiger partial charge in [-0.1, -0.05) is 13.8 Å². The predicted molar refractivity (Wildman–Crippen MR) is 61.5 cm³/mol. The number of hydrogen-bond donors (Lipinski definition) is 0. The number of aryl methyl sites for hydroxylation is 1. The van der Waals surface area contributed by atoms with Gasteiger partial charge in [-0.3, -0.25) is 4.79 Å². The largest absolute Gasteiger partial charge is 0.469 e. The molecule has 1 aromatic heterocycles. The Balaban J connectivity index is 0.000000791. The summed E-state index contributed by atoms with van der Waals surface area (Å²) in [7, 11) is 1.39. The van der Waals surface area contributed by atoms with Gasteiger partial charge in [0.2, 0.25) is 0 Å². The van der Waals surface area contributed by atoms with Crippen LogP contribution in [-0.4, -0.2) is 18.1 Å². The first-order chi connectivity index (χ1) is 6.72. The van der Waals surface area contributed by atoms with Crippen LogP contribution in [-0.2, 0) is 16.0 Å². The summed E-state index contributed by atoms with van der Waals surface area (Å²) in [4.78, 5) is 14.8. The fourth-order valence-corrected chi connectivity index (χ4v) is 2.02. The van der Waals surface area contributed by atoms with Gasteiger partial charge in [0.25, 0.3) is 0 Å². The highest BCUT2D eigenvalue weighted by molar-refractivity contribution is 9.11. The maximum absolute atomic E-state index is 10.7. The molecule has 0 spiro atoms. The summed E-state index contributed by atoms with van der Waals surface area (Å²) < 4.78 is 5.49. The third-order valence-corrected chi connectivity index (χ3v) is 2.83. The molecule has 0 aliphatic rings. The molecule has 0 radical (unpaired) electrons. The average Bonchev–Trinajstić information content (AvgIpc) is 2.64. The lowest BCUT2D eigenvalue weighted by Gasteiger charge is -1.94. The first kappa shape index (κ1) is 13.6. The van der Waals surface area contributed by atoms with E-state index in [1.54, 1.807) is 6.20 Å². The molecular formula is C9H14BrNO2S. The Labute approximate surface area is 96.6 Å². The van der Waals surface area contributed by atoms with Crippen molar-refractivity contribution < 1.29 is 9.53 Å². The van der Waals surface area contributed by atoms with E-state index < -0.39 is 0 Å². The number of nitrogens with zero attached hydrogens (tertiary/aromatic N) is 1. The van der Waals surface area contributed by atoms with Crippen molar-refractivity contribution in [2.24, 2.45) is 0 Å². The van der Waals surface area contributed by atoms with Crippen LogP contribution >= 0.6 is 27.3 Å². The SMILES string of the molecule is CC.COC(=O)CCc1ncc(Br)s1. The molecule has 0 saturated carbocycles. The Kier molecular flexibility index (Phi) is 7.70. The Bertz CT molecular complexity index is 276. The van der Waals surface area contributed by atoms with Crippen LogP contribution in [0.1, 0.15) is 25.3 Å². The number of ether oxygens (including phenoxy) is 1. The number of methoxy groups -OCH3 is 1. The van der Waals surface area contributed by atoms with Crippen molar-refractivity contribution in [1.82, 2.24) is 4.98 Å². The van der Waals surface area contributed by atoms with Crippen molar-refractivity contribution in [3.63, 3.8) is 0 Å². The minimum atomic E-state index is -0.193. The molecule has 0 aliphatic heterocycles. The van der Waals surface area contributed by atoms with Gasteiger partial charge in [0.1, 0.15) is 0 Å². The van der Waals surface area contributed by atoms with Crippen LogP contribution in [0.25, 0.3) is 0 Å². The van der Waals surface area contributed by atoms with Crippen molar-refractivity contribution in [1.29, 1.82) is 0 Å². The van der Waals surface area contributed by atoms with Crippen LogP contribution in [0, 0.1) is 0 Å². The maximum Gasteiger partial charge on any atom is 0.305 e. The average molecular weight is 280 g/mol. The zero-order valence-electron chi connectivity index (χ0n) is 8.54. The molecular weight excluding hydrogens is 266 g/mol. The van der Waals surface area contributed by atoms with Crippen LogP contribution in [0.15, 0.2) is 9.98 Å². The van der Waals surface area contributed by atoms with E-state index in [1.165, 1.54) is 18.4 Å². The lowest BCUT2D eigenvalue weighted by atomic mass is 10.3. The molecule has 5 heteroatoms. The third-order valence-electron chi connectivity index (χ3n) is 1.30. The van der Waals surface area contributed by atoms with Gasteiger partial charge in [-0.15, -0.1) is 11.3 Å². The number of rotatable bonds is 3. The molecule has 0 unspecified atom stereocenters. The molecule has 0 N–H and O–H groups in total. The fourth-order valence-electron chi connectivity index (χ4n) is 0.715. The first-order valence-corrected chi connectivity index (χ1v) is 6.00. The van der Waals surface area contributed by atoms with E-state index in [9.17, 15) is 4.79 Å². The van der Waals surface area contributed by atoms with Gasteiger partial charge in [-0.2, -0.15) is 0 Å². The number of carbonyl (C=O) groups excluding carboxylic acids is 1. The number of halogens is 1. The molecule has 0 aromatic carbocycles. The predicted octanol–water partition coefficient (Wildman–Crippen LogP) is 3.04. The Morgan fingerprint density at radius 2 is 2.29 bits per heavy atom.